The second-order valence-corrected chi connectivity index (χ2v) is 6.70. The van der Waals surface area contributed by atoms with Crippen molar-refractivity contribution in [2.24, 2.45) is 0 Å². The molecule has 1 aliphatic rings. The van der Waals surface area contributed by atoms with Crippen molar-refractivity contribution >= 4 is 11.3 Å². The number of methoxy groups -OCH3 is 1. The van der Waals surface area contributed by atoms with Crippen molar-refractivity contribution in [1.82, 2.24) is 15.2 Å². The van der Waals surface area contributed by atoms with Crippen LogP contribution in [0.2, 0.25) is 0 Å². The third-order valence-corrected chi connectivity index (χ3v) is 5.23. The van der Waals surface area contributed by atoms with E-state index in [1.54, 1.807) is 18.4 Å². The highest BCUT2D eigenvalue weighted by Crippen LogP contribution is 2.34. The van der Waals surface area contributed by atoms with Crippen LogP contribution < -0.4 is 4.74 Å². The molecule has 0 spiro atoms. The normalized spacial score (nSPS) is 16.8. The third kappa shape index (κ3) is 2.95. The van der Waals surface area contributed by atoms with Gasteiger partial charge in [-0.3, -0.25) is 5.10 Å². The summed E-state index contributed by atoms with van der Waals surface area (Å²) in [6.07, 6.45) is 5.25. The van der Waals surface area contributed by atoms with E-state index in [4.69, 9.17) is 14.5 Å². The highest BCUT2D eigenvalue weighted by Gasteiger charge is 2.23. The fourth-order valence-electron chi connectivity index (χ4n) is 3.09. The van der Waals surface area contributed by atoms with Crippen molar-refractivity contribution in [3.8, 4) is 16.3 Å². The van der Waals surface area contributed by atoms with Gasteiger partial charge in [0.2, 0.25) is 0 Å². The summed E-state index contributed by atoms with van der Waals surface area (Å²) in [7, 11) is 1.68. The van der Waals surface area contributed by atoms with E-state index in [-0.39, 0.29) is 6.10 Å². The third-order valence-electron chi connectivity index (χ3n) is 4.31. The molecule has 0 radical (unpaired) electrons. The first-order chi connectivity index (χ1) is 11.8. The molecule has 4 rings (SSSR count). The van der Waals surface area contributed by atoms with Crippen LogP contribution in [0.5, 0.6) is 5.75 Å². The number of fused-ring (bicyclic) bond motifs is 1. The topological polar surface area (TPSA) is 60.0 Å². The van der Waals surface area contributed by atoms with Gasteiger partial charge < -0.3 is 9.47 Å². The monoisotopic (exact) mass is 341 g/mol. The van der Waals surface area contributed by atoms with E-state index in [1.807, 2.05) is 30.5 Å². The van der Waals surface area contributed by atoms with Gasteiger partial charge in [0.15, 0.2) is 0 Å². The Hall–Kier alpha value is -2.18. The van der Waals surface area contributed by atoms with E-state index in [2.05, 4.69) is 15.6 Å². The number of rotatable bonds is 5. The van der Waals surface area contributed by atoms with Gasteiger partial charge in [-0.15, -0.1) is 11.3 Å². The van der Waals surface area contributed by atoms with Crippen molar-refractivity contribution in [3.63, 3.8) is 0 Å². The standard InChI is InChI=1S/C18H19N3O2S/c1-22-15-7-3-2-6-14(15)18-20-13(11-24-18)10-23-16-8-4-5-12-9-19-21-17(12)16/h2-3,6-7,9,11,16H,4-5,8,10H2,1H3,(H,19,21). The number of hydrogen-bond acceptors (Lipinski definition) is 5. The molecule has 1 unspecified atom stereocenters. The minimum atomic E-state index is 0.0904. The summed E-state index contributed by atoms with van der Waals surface area (Å²) < 4.78 is 11.5. The molecule has 0 saturated heterocycles. The molecule has 24 heavy (non-hydrogen) atoms. The molecule has 3 aromatic rings. The van der Waals surface area contributed by atoms with Crippen molar-refractivity contribution in [3.05, 3.63) is 52.8 Å². The molecular formula is C18H19N3O2S. The smallest absolute Gasteiger partial charge is 0.129 e. The summed E-state index contributed by atoms with van der Waals surface area (Å²) in [6, 6.07) is 7.94. The number of ether oxygens (including phenoxy) is 2. The largest absolute Gasteiger partial charge is 0.496 e. The minimum absolute atomic E-state index is 0.0904. The highest BCUT2D eigenvalue weighted by molar-refractivity contribution is 7.13. The lowest BCUT2D eigenvalue weighted by Crippen LogP contribution is -2.12. The van der Waals surface area contributed by atoms with Crippen molar-refractivity contribution in [2.45, 2.75) is 32.0 Å². The Bertz CT molecular complexity index is 827. The van der Waals surface area contributed by atoms with Crippen molar-refractivity contribution < 1.29 is 9.47 Å². The molecule has 5 nitrogen and oxygen atoms in total. The molecule has 0 aliphatic heterocycles. The van der Waals surface area contributed by atoms with Gasteiger partial charge in [-0.25, -0.2) is 4.98 Å². The lowest BCUT2D eigenvalue weighted by atomic mass is 9.96. The summed E-state index contributed by atoms with van der Waals surface area (Å²) in [4.78, 5) is 4.70. The van der Waals surface area contributed by atoms with E-state index in [0.29, 0.717) is 6.61 Å². The summed E-state index contributed by atoms with van der Waals surface area (Å²) in [5.41, 5.74) is 4.37. The number of thiazole rings is 1. The first-order valence-corrected chi connectivity index (χ1v) is 8.94. The van der Waals surface area contributed by atoms with E-state index >= 15 is 0 Å². The predicted molar refractivity (Wildman–Crippen MR) is 93.2 cm³/mol. The fourth-order valence-corrected chi connectivity index (χ4v) is 3.93. The second kappa shape index (κ2) is 6.75. The van der Waals surface area contributed by atoms with E-state index < -0.39 is 0 Å². The Labute approximate surface area is 144 Å². The Morgan fingerprint density at radius 3 is 3.17 bits per heavy atom. The van der Waals surface area contributed by atoms with Gasteiger partial charge in [0, 0.05) is 5.38 Å². The van der Waals surface area contributed by atoms with Gasteiger partial charge in [-0.1, -0.05) is 12.1 Å². The molecule has 0 fully saturated rings. The second-order valence-electron chi connectivity index (χ2n) is 5.85. The average molecular weight is 341 g/mol. The maximum atomic E-state index is 6.10. The van der Waals surface area contributed by atoms with Crippen LogP contribution in [-0.2, 0) is 17.8 Å². The number of nitrogens with one attached hydrogen (secondary N) is 1. The van der Waals surface area contributed by atoms with E-state index in [9.17, 15) is 0 Å². The first-order valence-electron chi connectivity index (χ1n) is 8.06. The molecule has 1 aromatic carbocycles. The number of nitrogens with zero attached hydrogens (tertiary/aromatic N) is 2. The van der Waals surface area contributed by atoms with Gasteiger partial charge in [0.25, 0.3) is 0 Å². The lowest BCUT2D eigenvalue weighted by molar-refractivity contribution is 0.0240. The van der Waals surface area contributed by atoms with E-state index in [0.717, 1.165) is 47.0 Å². The number of hydrogen-bond donors (Lipinski definition) is 1. The quantitative estimate of drug-likeness (QED) is 0.758. The molecule has 0 amide bonds. The van der Waals surface area contributed by atoms with Crippen LogP contribution >= 0.6 is 11.3 Å². The van der Waals surface area contributed by atoms with Gasteiger partial charge in [0.05, 0.1) is 43.0 Å². The number of H-pyrrole nitrogens is 1. The molecule has 0 saturated carbocycles. The zero-order chi connectivity index (χ0) is 16.4. The molecule has 1 aliphatic carbocycles. The van der Waals surface area contributed by atoms with Crippen LogP contribution in [0, 0.1) is 0 Å². The number of aromatic amines is 1. The van der Waals surface area contributed by atoms with E-state index in [1.165, 1.54) is 5.56 Å². The zero-order valence-electron chi connectivity index (χ0n) is 13.5. The number of benzene rings is 1. The SMILES string of the molecule is COc1ccccc1-c1nc(COC2CCCc3cn[nH]c32)cs1. The molecule has 1 atom stereocenters. The predicted octanol–water partition coefficient (Wildman–Crippen LogP) is 4.14. The van der Waals surface area contributed by atoms with Crippen LogP contribution in [-0.4, -0.2) is 22.3 Å². The number of para-hydroxylation sites is 1. The summed E-state index contributed by atoms with van der Waals surface area (Å²) >= 11 is 1.61. The fraction of sp³-hybridized carbons (Fsp3) is 0.333. The zero-order valence-corrected chi connectivity index (χ0v) is 14.3. The summed E-state index contributed by atoms with van der Waals surface area (Å²) in [5, 5.41) is 10.2. The van der Waals surface area contributed by atoms with Crippen LogP contribution in [0.15, 0.2) is 35.8 Å². The molecule has 124 valence electrons. The Balaban J connectivity index is 1.47. The molecule has 6 heteroatoms. The summed E-state index contributed by atoms with van der Waals surface area (Å²) in [6.45, 7) is 0.509. The van der Waals surface area contributed by atoms with Crippen LogP contribution in [0.1, 0.15) is 35.9 Å². The summed E-state index contributed by atoms with van der Waals surface area (Å²) in [5.74, 6) is 0.841. The molecule has 1 N–H and O–H groups in total. The first kappa shape index (κ1) is 15.4. The van der Waals surface area contributed by atoms with Gasteiger partial charge in [-0.05, 0) is 37.0 Å². The minimum Gasteiger partial charge on any atom is -0.496 e. The Morgan fingerprint density at radius 1 is 1.33 bits per heavy atom. The van der Waals surface area contributed by atoms with Crippen LogP contribution in [0.3, 0.4) is 0 Å². The van der Waals surface area contributed by atoms with Gasteiger partial charge in [-0.2, -0.15) is 5.10 Å². The molecule has 2 aromatic heterocycles. The van der Waals surface area contributed by atoms with Crippen LogP contribution in [0.25, 0.3) is 10.6 Å². The van der Waals surface area contributed by atoms with Gasteiger partial charge in [0.1, 0.15) is 10.8 Å². The molecular weight excluding hydrogens is 322 g/mol. The lowest BCUT2D eigenvalue weighted by Gasteiger charge is -2.21. The van der Waals surface area contributed by atoms with Crippen LogP contribution in [0.4, 0.5) is 0 Å². The molecule has 2 heterocycles. The van der Waals surface area contributed by atoms with Gasteiger partial charge >= 0.3 is 0 Å². The van der Waals surface area contributed by atoms with Crippen molar-refractivity contribution in [1.29, 1.82) is 0 Å². The maximum absolute atomic E-state index is 6.10. The Morgan fingerprint density at radius 2 is 2.25 bits per heavy atom. The van der Waals surface area contributed by atoms with Crippen molar-refractivity contribution in [2.75, 3.05) is 7.11 Å². The Kier molecular flexibility index (Phi) is 4.32. The highest BCUT2D eigenvalue weighted by atomic mass is 32.1. The maximum Gasteiger partial charge on any atom is 0.129 e. The molecule has 0 bridgehead atoms. The number of aromatic nitrogens is 3. The number of aryl methyl sites for hydroxylation is 1. The average Bonchev–Trinajstić information content (AvgIpc) is 3.29.